The van der Waals surface area contributed by atoms with Crippen molar-refractivity contribution in [2.45, 2.75) is 0 Å². The number of hydrogen-bond acceptors (Lipinski definition) is 2. The molecule has 2 heteroatoms. The average Bonchev–Trinajstić information content (AvgIpc) is 2.53. The third kappa shape index (κ3) is 1.97. The van der Waals surface area contributed by atoms with Crippen LogP contribution in [0.3, 0.4) is 0 Å². The van der Waals surface area contributed by atoms with Crippen LogP contribution in [0.2, 0.25) is 0 Å². The van der Waals surface area contributed by atoms with Crippen LogP contribution >= 0.6 is 0 Å². The summed E-state index contributed by atoms with van der Waals surface area (Å²) in [5, 5.41) is 4.68. The summed E-state index contributed by atoms with van der Waals surface area (Å²) in [4.78, 5) is 0. The fourth-order valence-electron chi connectivity index (χ4n) is 3.07. The van der Waals surface area contributed by atoms with Gasteiger partial charge in [0.15, 0.2) is 0 Å². The maximum atomic E-state index is 6.02. The molecule has 4 aromatic carbocycles. The van der Waals surface area contributed by atoms with Gasteiger partial charge in [-0.3, -0.25) is 0 Å². The molecule has 0 aromatic heterocycles. The highest BCUT2D eigenvalue weighted by Gasteiger charge is 2.10. The summed E-state index contributed by atoms with van der Waals surface area (Å²) >= 11 is 0. The predicted octanol–water partition coefficient (Wildman–Crippen LogP) is 4.82. The van der Waals surface area contributed by atoms with Gasteiger partial charge < -0.3 is 11.5 Å². The first-order chi connectivity index (χ1) is 10.7. The molecule has 0 amide bonds. The molecule has 0 heterocycles. The van der Waals surface area contributed by atoms with Gasteiger partial charge in [0.25, 0.3) is 0 Å². The number of benzene rings is 4. The lowest BCUT2D eigenvalue weighted by Crippen LogP contribution is -1.90. The van der Waals surface area contributed by atoms with Gasteiger partial charge in [0.2, 0.25) is 0 Å². The second kappa shape index (κ2) is 4.78. The summed E-state index contributed by atoms with van der Waals surface area (Å²) in [7, 11) is 0. The highest BCUT2D eigenvalue weighted by molar-refractivity contribution is 6.13. The Bertz CT molecular complexity index is 989. The van der Waals surface area contributed by atoms with Crippen LogP contribution in [0.15, 0.2) is 72.8 Å². The van der Waals surface area contributed by atoms with E-state index < -0.39 is 0 Å². The molecule has 0 saturated carbocycles. The first kappa shape index (κ1) is 12.7. The smallest absolute Gasteiger partial charge is 0.0320 e. The molecule has 0 spiro atoms. The Kier molecular flexibility index (Phi) is 2.76. The van der Waals surface area contributed by atoms with Gasteiger partial charge in [-0.25, -0.2) is 0 Å². The lowest BCUT2D eigenvalue weighted by Gasteiger charge is -2.13. The van der Waals surface area contributed by atoms with Gasteiger partial charge in [-0.15, -0.1) is 0 Å². The van der Waals surface area contributed by atoms with Crippen molar-refractivity contribution in [2.75, 3.05) is 11.5 Å². The molecule has 0 atom stereocenters. The molecule has 0 unspecified atom stereocenters. The minimum atomic E-state index is 0.777. The summed E-state index contributed by atoms with van der Waals surface area (Å²) in [6.45, 7) is 0. The molecule has 0 fully saturated rings. The van der Waals surface area contributed by atoms with Gasteiger partial charge in [-0.1, -0.05) is 42.5 Å². The van der Waals surface area contributed by atoms with E-state index in [1.807, 2.05) is 30.3 Å². The third-order valence-electron chi connectivity index (χ3n) is 4.07. The summed E-state index contributed by atoms with van der Waals surface area (Å²) in [5.41, 5.74) is 15.9. The quantitative estimate of drug-likeness (QED) is 0.389. The van der Waals surface area contributed by atoms with Crippen LogP contribution in [0, 0.1) is 0 Å². The molecule has 4 aromatic rings. The molecule has 0 aliphatic carbocycles. The number of rotatable bonds is 1. The zero-order valence-electron chi connectivity index (χ0n) is 12.1. The molecule has 0 aliphatic rings. The van der Waals surface area contributed by atoms with Gasteiger partial charge in [0, 0.05) is 11.4 Å². The Labute approximate surface area is 129 Å². The zero-order valence-corrected chi connectivity index (χ0v) is 12.1. The highest BCUT2D eigenvalue weighted by Crippen LogP contribution is 2.37. The number of nitrogens with two attached hydrogens (primary N) is 2. The van der Waals surface area contributed by atoms with Crippen LogP contribution < -0.4 is 11.5 Å². The standard InChI is InChI=1S/C20H16N2/c21-16-8-9-18-15(11-16)10-14-6-7-17(22)12-19(14)20(18)13-4-2-1-3-5-13/h1-12H,21-22H2. The summed E-state index contributed by atoms with van der Waals surface area (Å²) in [5.74, 6) is 0. The third-order valence-corrected chi connectivity index (χ3v) is 4.07. The van der Waals surface area contributed by atoms with Crippen molar-refractivity contribution in [1.82, 2.24) is 0 Å². The van der Waals surface area contributed by atoms with E-state index in [0.29, 0.717) is 0 Å². The molecule has 2 nitrogen and oxygen atoms in total. The summed E-state index contributed by atoms with van der Waals surface area (Å²) < 4.78 is 0. The molecule has 0 saturated heterocycles. The Balaban J connectivity index is 2.23. The molecule has 0 aliphatic heterocycles. The number of hydrogen-bond donors (Lipinski definition) is 2. The van der Waals surface area contributed by atoms with Crippen LogP contribution in [0.5, 0.6) is 0 Å². The Morgan fingerprint density at radius 3 is 2.09 bits per heavy atom. The summed E-state index contributed by atoms with van der Waals surface area (Å²) in [6.07, 6.45) is 0. The van der Waals surface area contributed by atoms with Crippen molar-refractivity contribution in [1.29, 1.82) is 0 Å². The van der Waals surface area contributed by atoms with E-state index in [9.17, 15) is 0 Å². The van der Waals surface area contributed by atoms with Crippen LogP contribution in [-0.2, 0) is 0 Å². The number of nitrogen functional groups attached to an aromatic ring is 2. The monoisotopic (exact) mass is 284 g/mol. The fraction of sp³-hybridized carbons (Fsp3) is 0. The first-order valence-electron chi connectivity index (χ1n) is 7.29. The average molecular weight is 284 g/mol. The lowest BCUT2D eigenvalue weighted by molar-refractivity contribution is 1.67. The molecule has 22 heavy (non-hydrogen) atoms. The maximum absolute atomic E-state index is 6.02. The normalized spacial score (nSPS) is 11.1. The Hall–Kier alpha value is -3.00. The molecule has 4 rings (SSSR count). The SMILES string of the molecule is Nc1ccc2c(-c3ccccc3)c3cc(N)ccc3cc2c1. The van der Waals surface area contributed by atoms with E-state index in [2.05, 4.69) is 42.5 Å². The summed E-state index contributed by atoms with van der Waals surface area (Å²) in [6, 6.07) is 24.7. The molecule has 106 valence electrons. The van der Waals surface area contributed by atoms with Crippen LogP contribution in [0.4, 0.5) is 11.4 Å². The molecule has 0 bridgehead atoms. The van der Waals surface area contributed by atoms with E-state index >= 15 is 0 Å². The zero-order chi connectivity index (χ0) is 15.1. The van der Waals surface area contributed by atoms with Crippen molar-refractivity contribution < 1.29 is 0 Å². The van der Waals surface area contributed by atoms with E-state index in [1.165, 1.54) is 27.3 Å². The predicted molar refractivity (Wildman–Crippen MR) is 95.7 cm³/mol. The second-order valence-corrected chi connectivity index (χ2v) is 5.58. The van der Waals surface area contributed by atoms with E-state index in [4.69, 9.17) is 11.5 Å². The van der Waals surface area contributed by atoms with Crippen molar-refractivity contribution in [3.05, 3.63) is 72.8 Å². The maximum Gasteiger partial charge on any atom is 0.0320 e. The van der Waals surface area contributed by atoms with Gasteiger partial charge in [0.05, 0.1) is 0 Å². The van der Waals surface area contributed by atoms with Gasteiger partial charge in [0.1, 0.15) is 0 Å². The second-order valence-electron chi connectivity index (χ2n) is 5.58. The molecule has 0 radical (unpaired) electrons. The number of anilines is 2. The molecule has 4 N–H and O–H groups in total. The minimum Gasteiger partial charge on any atom is -0.399 e. The van der Waals surface area contributed by atoms with Crippen molar-refractivity contribution >= 4 is 32.9 Å². The minimum absolute atomic E-state index is 0.777. The Morgan fingerprint density at radius 2 is 1.27 bits per heavy atom. The van der Waals surface area contributed by atoms with Crippen molar-refractivity contribution in [3.63, 3.8) is 0 Å². The highest BCUT2D eigenvalue weighted by atomic mass is 14.5. The molecular weight excluding hydrogens is 268 g/mol. The van der Waals surface area contributed by atoms with Gasteiger partial charge >= 0.3 is 0 Å². The lowest BCUT2D eigenvalue weighted by atomic mass is 9.91. The van der Waals surface area contributed by atoms with Gasteiger partial charge in [-0.2, -0.15) is 0 Å². The van der Waals surface area contributed by atoms with Crippen molar-refractivity contribution in [3.8, 4) is 11.1 Å². The van der Waals surface area contributed by atoms with Gasteiger partial charge in [-0.05, 0) is 63.0 Å². The van der Waals surface area contributed by atoms with E-state index in [1.54, 1.807) is 0 Å². The first-order valence-corrected chi connectivity index (χ1v) is 7.29. The van der Waals surface area contributed by atoms with E-state index in [-0.39, 0.29) is 0 Å². The van der Waals surface area contributed by atoms with Crippen LogP contribution in [-0.4, -0.2) is 0 Å². The van der Waals surface area contributed by atoms with Crippen LogP contribution in [0.25, 0.3) is 32.7 Å². The van der Waals surface area contributed by atoms with Crippen molar-refractivity contribution in [2.24, 2.45) is 0 Å². The largest absolute Gasteiger partial charge is 0.399 e. The number of fused-ring (bicyclic) bond motifs is 2. The topological polar surface area (TPSA) is 52.0 Å². The van der Waals surface area contributed by atoms with E-state index in [0.717, 1.165) is 16.8 Å². The fourth-order valence-corrected chi connectivity index (χ4v) is 3.07. The molecular formula is C20H16N2. The Morgan fingerprint density at radius 1 is 0.545 bits per heavy atom. The van der Waals surface area contributed by atoms with Crippen LogP contribution in [0.1, 0.15) is 0 Å².